The molecule has 0 radical (unpaired) electrons. The summed E-state index contributed by atoms with van der Waals surface area (Å²) in [5, 5.41) is 2.72. The summed E-state index contributed by atoms with van der Waals surface area (Å²) in [4.78, 5) is 16.5. The number of hydrogen-bond acceptors (Lipinski definition) is 2. The highest BCUT2D eigenvalue weighted by Crippen LogP contribution is 2.40. The molecule has 2 aliphatic rings. The lowest BCUT2D eigenvalue weighted by atomic mass is 9.79. The number of amides is 1. The predicted octanol–water partition coefficient (Wildman–Crippen LogP) is 3.98. The van der Waals surface area contributed by atoms with E-state index in [1.807, 2.05) is 0 Å². The van der Waals surface area contributed by atoms with E-state index in [0.29, 0.717) is 5.41 Å². The summed E-state index contributed by atoms with van der Waals surface area (Å²) in [6, 6.07) is 13.2. The topological polar surface area (TPSA) is 23.6 Å². The molecule has 3 heteroatoms. The molecule has 2 saturated heterocycles. The van der Waals surface area contributed by atoms with E-state index in [1.54, 1.807) is 6.92 Å². The predicted molar refractivity (Wildman–Crippen MR) is 103 cm³/mol. The molecule has 0 bridgehead atoms. The number of carbonyl (C=O) groups is 1. The Bertz CT molecular complexity index is 800. The van der Waals surface area contributed by atoms with Gasteiger partial charge in [0, 0.05) is 38.5 Å². The van der Waals surface area contributed by atoms with E-state index >= 15 is 0 Å². The average Bonchev–Trinajstić information content (AvgIpc) is 2.99. The van der Waals surface area contributed by atoms with Crippen LogP contribution in [0.1, 0.15) is 37.3 Å². The fourth-order valence-corrected chi connectivity index (χ4v) is 4.85. The third-order valence-electron chi connectivity index (χ3n) is 6.28. The molecule has 1 spiro atoms. The summed E-state index contributed by atoms with van der Waals surface area (Å²) in [5.41, 5.74) is 3.17. The van der Waals surface area contributed by atoms with E-state index in [-0.39, 0.29) is 5.91 Å². The zero-order chi connectivity index (χ0) is 17.4. The van der Waals surface area contributed by atoms with Gasteiger partial charge in [-0.25, -0.2) is 0 Å². The second-order valence-corrected chi connectivity index (χ2v) is 8.09. The number of piperidine rings is 1. The van der Waals surface area contributed by atoms with Gasteiger partial charge in [-0.3, -0.25) is 9.69 Å². The van der Waals surface area contributed by atoms with Gasteiger partial charge in [-0.15, -0.1) is 0 Å². The summed E-state index contributed by atoms with van der Waals surface area (Å²) in [5.74, 6) is 0.238. The van der Waals surface area contributed by atoms with E-state index in [2.05, 4.69) is 53.1 Å². The van der Waals surface area contributed by atoms with E-state index in [1.165, 1.54) is 34.7 Å². The minimum atomic E-state index is 0.238. The Morgan fingerprint density at radius 1 is 1.08 bits per heavy atom. The maximum Gasteiger partial charge on any atom is 0.219 e. The van der Waals surface area contributed by atoms with Gasteiger partial charge in [0.25, 0.3) is 0 Å². The van der Waals surface area contributed by atoms with Gasteiger partial charge in [0.2, 0.25) is 5.91 Å². The summed E-state index contributed by atoms with van der Waals surface area (Å²) < 4.78 is 0. The van der Waals surface area contributed by atoms with Crippen LogP contribution < -0.4 is 0 Å². The van der Waals surface area contributed by atoms with Gasteiger partial charge in [0.05, 0.1) is 0 Å². The van der Waals surface area contributed by atoms with Crippen molar-refractivity contribution in [3.05, 3.63) is 47.5 Å². The molecule has 0 N–H and O–H groups in total. The molecule has 0 unspecified atom stereocenters. The van der Waals surface area contributed by atoms with E-state index in [0.717, 1.165) is 39.1 Å². The zero-order valence-corrected chi connectivity index (χ0v) is 15.4. The van der Waals surface area contributed by atoms with Gasteiger partial charge in [-0.1, -0.05) is 36.4 Å². The molecule has 0 aromatic heterocycles. The van der Waals surface area contributed by atoms with Gasteiger partial charge in [-0.2, -0.15) is 0 Å². The van der Waals surface area contributed by atoms with Gasteiger partial charge in [0.15, 0.2) is 0 Å². The molecule has 132 valence electrons. The fraction of sp³-hybridized carbons (Fsp3) is 0.500. The monoisotopic (exact) mass is 336 g/mol. The third kappa shape index (κ3) is 3.18. The van der Waals surface area contributed by atoms with Crippen LogP contribution in [0, 0.1) is 12.3 Å². The molecule has 0 saturated carbocycles. The second kappa shape index (κ2) is 6.45. The Labute approximate surface area is 150 Å². The van der Waals surface area contributed by atoms with Crippen molar-refractivity contribution >= 4 is 16.7 Å². The number of rotatable bonds is 2. The molecule has 4 rings (SSSR count). The molecule has 1 amide bonds. The molecular formula is C22H28N2O. The average molecular weight is 336 g/mol. The van der Waals surface area contributed by atoms with E-state index in [9.17, 15) is 4.79 Å². The quantitative estimate of drug-likeness (QED) is 0.828. The minimum absolute atomic E-state index is 0.238. The first-order chi connectivity index (χ1) is 12.1. The van der Waals surface area contributed by atoms with E-state index in [4.69, 9.17) is 0 Å². The minimum Gasteiger partial charge on any atom is -0.342 e. The van der Waals surface area contributed by atoms with Crippen molar-refractivity contribution in [2.45, 2.75) is 39.7 Å². The maximum atomic E-state index is 11.8. The van der Waals surface area contributed by atoms with E-state index < -0.39 is 0 Å². The molecule has 2 aromatic carbocycles. The normalized spacial score (nSPS) is 24.3. The van der Waals surface area contributed by atoms with Crippen LogP contribution in [0.4, 0.5) is 0 Å². The number of likely N-dealkylation sites (tertiary alicyclic amines) is 2. The standard InChI is InChI=1S/C22H28N2O/c1-17-8-9-19-6-3-4-7-20(19)21(17)14-23-13-11-22(15-23)10-5-12-24(16-22)18(2)25/h3-4,6-9H,5,10-16H2,1-2H3/t22-/m1/s1. The first-order valence-electron chi connectivity index (χ1n) is 9.51. The molecule has 2 fully saturated rings. The van der Waals surface area contributed by atoms with Gasteiger partial charge >= 0.3 is 0 Å². The zero-order valence-electron chi connectivity index (χ0n) is 15.4. The van der Waals surface area contributed by atoms with Crippen molar-refractivity contribution < 1.29 is 4.79 Å². The Kier molecular flexibility index (Phi) is 4.28. The number of carbonyl (C=O) groups excluding carboxylic acids is 1. The van der Waals surface area contributed by atoms with Crippen LogP contribution in [0.5, 0.6) is 0 Å². The van der Waals surface area contributed by atoms with Crippen molar-refractivity contribution in [3.63, 3.8) is 0 Å². The third-order valence-corrected chi connectivity index (χ3v) is 6.28. The lowest BCUT2D eigenvalue weighted by molar-refractivity contribution is -0.132. The number of fused-ring (bicyclic) bond motifs is 1. The molecule has 1 atom stereocenters. The molecule has 0 aliphatic carbocycles. The highest BCUT2D eigenvalue weighted by atomic mass is 16.2. The van der Waals surface area contributed by atoms with Gasteiger partial charge < -0.3 is 4.90 Å². The summed E-state index contributed by atoms with van der Waals surface area (Å²) in [7, 11) is 0. The van der Waals surface area contributed by atoms with Crippen LogP contribution in [0.15, 0.2) is 36.4 Å². The van der Waals surface area contributed by atoms with Crippen LogP contribution in [-0.2, 0) is 11.3 Å². The lowest BCUT2D eigenvalue weighted by Crippen LogP contribution is -2.46. The van der Waals surface area contributed by atoms with Crippen LogP contribution in [0.3, 0.4) is 0 Å². The van der Waals surface area contributed by atoms with Crippen molar-refractivity contribution in [2.24, 2.45) is 5.41 Å². The summed E-state index contributed by atoms with van der Waals surface area (Å²) in [6.45, 7) is 9.13. The molecule has 3 nitrogen and oxygen atoms in total. The SMILES string of the molecule is CC(=O)N1CCC[C@]2(CCN(Cc3c(C)ccc4ccccc34)C2)C1. The number of nitrogens with zero attached hydrogens (tertiary/aromatic N) is 2. The number of hydrogen-bond donors (Lipinski definition) is 0. The Morgan fingerprint density at radius 3 is 2.76 bits per heavy atom. The Balaban J connectivity index is 1.54. The highest BCUT2D eigenvalue weighted by molar-refractivity contribution is 5.86. The molecule has 2 heterocycles. The van der Waals surface area contributed by atoms with Crippen LogP contribution in [-0.4, -0.2) is 41.9 Å². The largest absolute Gasteiger partial charge is 0.342 e. The molecule has 2 aromatic rings. The summed E-state index contributed by atoms with van der Waals surface area (Å²) in [6.07, 6.45) is 3.64. The van der Waals surface area contributed by atoms with Gasteiger partial charge in [0.1, 0.15) is 0 Å². The van der Waals surface area contributed by atoms with Gasteiger partial charge in [-0.05, 0) is 54.6 Å². The fourth-order valence-electron chi connectivity index (χ4n) is 4.85. The van der Waals surface area contributed by atoms with Crippen molar-refractivity contribution in [1.29, 1.82) is 0 Å². The Morgan fingerprint density at radius 2 is 1.92 bits per heavy atom. The number of benzene rings is 2. The smallest absolute Gasteiger partial charge is 0.219 e. The van der Waals surface area contributed by atoms with Crippen molar-refractivity contribution in [1.82, 2.24) is 9.80 Å². The second-order valence-electron chi connectivity index (χ2n) is 8.09. The summed E-state index contributed by atoms with van der Waals surface area (Å²) >= 11 is 0. The highest BCUT2D eigenvalue weighted by Gasteiger charge is 2.41. The Hall–Kier alpha value is -1.87. The molecular weight excluding hydrogens is 308 g/mol. The first kappa shape index (κ1) is 16.6. The lowest BCUT2D eigenvalue weighted by Gasteiger charge is -2.40. The van der Waals surface area contributed by atoms with Crippen molar-refractivity contribution in [2.75, 3.05) is 26.2 Å². The molecule has 2 aliphatic heterocycles. The van der Waals surface area contributed by atoms with Crippen LogP contribution in [0.25, 0.3) is 10.8 Å². The van der Waals surface area contributed by atoms with Crippen LogP contribution in [0.2, 0.25) is 0 Å². The maximum absolute atomic E-state index is 11.8. The van der Waals surface area contributed by atoms with Crippen molar-refractivity contribution in [3.8, 4) is 0 Å². The van der Waals surface area contributed by atoms with Crippen LogP contribution >= 0.6 is 0 Å². The number of aryl methyl sites for hydroxylation is 1. The first-order valence-corrected chi connectivity index (χ1v) is 9.51. The molecule has 25 heavy (non-hydrogen) atoms.